The maximum Gasteiger partial charge on any atom is 0.284 e. The number of ether oxygens (including phenoxy) is 1. The van der Waals surface area contributed by atoms with Crippen molar-refractivity contribution in [3.8, 4) is 5.69 Å². The van der Waals surface area contributed by atoms with E-state index in [1.807, 2.05) is 22.6 Å². The summed E-state index contributed by atoms with van der Waals surface area (Å²) >= 11 is 0. The summed E-state index contributed by atoms with van der Waals surface area (Å²) in [4.78, 5) is 33.2. The third-order valence-electron chi connectivity index (χ3n) is 6.42. The summed E-state index contributed by atoms with van der Waals surface area (Å²) in [5.41, 5.74) is 6.80. The van der Waals surface area contributed by atoms with Crippen LogP contribution in [0.4, 0.5) is 20.2 Å². The van der Waals surface area contributed by atoms with E-state index in [0.29, 0.717) is 47.1 Å². The van der Waals surface area contributed by atoms with Gasteiger partial charge in [-0.25, -0.2) is 13.8 Å². The number of benzene rings is 2. The summed E-state index contributed by atoms with van der Waals surface area (Å²) in [6, 6.07) is 7.90. The van der Waals surface area contributed by atoms with Crippen molar-refractivity contribution in [2.45, 2.75) is 19.1 Å². The molecule has 1 fully saturated rings. The smallest absolute Gasteiger partial charge is 0.284 e. The number of methoxy groups -OCH3 is 1. The Balaban J connectivity index is 1.58. The van der Waals surface area contributed by atoms with E-state index in [1.54, 1.807) is 13.2 Å². The normalized spacial score (nSPS) is 15.5. The van der Waals surface area contributed by atoms with Gasteiger partial charge in [-0.15, -0.1) is 0 Å². The van der Waals surface area contributed by atoms with Crippen LogP contribution in [0.25, 0.3) is 16.7 Å². The molecule has 2 aromatic carbocycles. The number of carbonyl (C=O) groups excluding carboxylic acids is 1. The molecule has 10 nitrogen and oxygen atoms in total. The predicted octanol–water partition coefficient (Wildman–Crippen LogP) is 2.33. The molecular formula is C25H25F2N7O3. The van der Waals surface area contributed by atoms with Crippen LogP contribution >= 0.6 is 0 Å². The highest BCUT2D eigenvalue weighted by Gasteiger charge is 2.27. The second-order valence-corrected chi connectivity index (χ2v) is 8.83. The Morgan fingerprint density at radius 3 is 2.62 bits per heavy atom. The first kappa shape index (κ1) is 24.5. The van der Waals surface area contributed by atoms with Gasteiger partial charge in [0.2, 0.25) is 0 Å². The van der Waals surface area contributed by atoms with E-state index in [2.05, 4.69) is 10.4 Å². The topological polar surface area (TPSA) is 120 Å². The van der Waals surface area contributed by atoms with Crippen molar-refractivity contribution in [1.82, 2.24) is 19.3 Å². The number of nitrogens with zero attached hydrogens (tertiary/aromatic N) is 5. The standard InChI is InChI=1S/C25H25F2N7O3/c1-32-19-7-6-18(23(33-11-9-14(28)12-33)21(19)31-20(32)13-37-2)30-24(35)15-8-10-29-34(25(15)36)22-16(26)4-3-5-17(22)27/h3-8,10,14H,9,11-13,28H2,1-2H3,(H,30,35)/t14-/m0/s1. The lowest BCUT2D eigenvalue weighted by Crippen LogP contribution is -2.31. The van der Waals surface area contributed by atoms with Gasteiger partial charge in [0.1, 0.15) is 29.2 Å². The first-order valence-electron chi connectivity index (χ1n) is 11.6. The minimum atomic E-state index is -0.979. The minimum Gasteiger partial charge on any atom is -0.377 e. The fraction of sp³-hybridized carbons (Fsp3) is 0.280. The van der Waals surface area contributed by atoms with E-state index in [1.165, 1.54) is 12.1 Å². The van der Waals surface area contributed by atoms with Crippen LogP contribution in [0, 0.1) is 11.6 Å². The number of amides is 1. The van der Waals surface area contributed by atoms with Gasteiger partial charge in [0, 0.05) is 39.5 Å². The number of imidazole rings is 1. The van der Waals surface area contributed by atoms with Crippen molar-refractivity contribution in [3.05, 3.63) is 76.0 Å². The number of aromatic nitrogens is 4. The molecule has 0 saturated carbocycles. The summed E-state index contributed by atoms with van der Waals surface area (Å²) in [6.45, 7) is 1.52. The summed E-state index contributed by atoms with van der Waals surface area (Å²) < 4.78 is 36.4. The van der Waals surface area contributed by atoms with Crippen molar-refractivity contribution in [3.63, 3.8) is 0 Å². The SMILES string of the molecule is COCc1nc2c(N3CC[C@H](N)C3)c(NC(=O)c3ccnn(-c4c(F)cccc4F)c3=O)ccc2n1C. The van der Waals surface area contributed by atoms with Crippen molar-refractivity contribution in [2.75, 3.05) is 30.4 Å². The van der Waals surface area contributed by atoms with Crippen LogP contribution in [-0.4, -0.2) is 51.5 Å². The van der Waals surface area contributed by atoms with Crippen molar-refractivity contribution in [2.24, 2.45) is 12.8 Å². The Morgan fingerprint density at radius 2 is 1.95 bits per heavy atom. The van der Waals surface area contributed by atoms with Crippen LogP contribution in [-0.2, 0) is 18.4 Å². The number of halogens is 2. The number of carbonyl (C=O) groups is 1. The molecule has 0 radical (unpaired) electrons. The highest BCUT2D eigenvalue weighted by Crippen LogP contribution is 2.36. The van der Waals surface area contributed by atoms with Crippen molar-refractivity contribution in [1.29, 1.82) is 0 Å². The maximum absolute atomic E-state index is 14.3. The third-order valence-corrected chi connectivity index (χ3v) is 6.42. The molecule has 3 heterocycles. The van der Waals surface area contributed by atoms with Crippen LogP contribution in [0.2, 0.25) is 0 Å². The lowest BCUT2D eigenvalue weighted by atomic mass is 10.2. The van der Waals surface area contributed by atoms with E-state index >= 15 is 0 Å². The predicted molar refractivity (Wildman–Crippen MR) is 134 cm³/mol. The van der Waals surface area contributed by atoms with E-state index in [-0.39, 0.29) is 11.6 Å². The van der Waals surface area contributed by atoms with Gasteiger partial charge in [0.05, 0.1) is 16.9 Å². The summed E-state index contributed by atoms with van der Waals surface area (Å²) in [5.74, 6) is -2.01. The van der Waals surface area contributed by atoms with Crippen LogP contribution in [0.5, 0.6) is 0 Å². The molecule has 1 amide bonds. The zero-order valence-corrected chi connectivity index (χ0v) is 20.2. The van der Waals surface area contributed by atoms with Crippen LogP contribution in [0.3, 0.4) is 0 Å². The molecule has 1 saturated heterocycles. The molecule has 1 atom stereocenters. The molecule has 0 spiro atoms. The van der Waals surface area contributed by atoms with Gasteiger partial charge in [-0.3, -0.25) is 9.59 Å². The van der Waals surface area contributed by atoms with Gasteiger partial charge < -0.3 is 25.3 Å². The Labute approximate surface area is 210 Å². The molecule has 192 valence electrons. The number of para-hydroxylation sites is 1. The Bertz CT molecular complexity index is 1550. The second-order valence-electron chi connectivity index (χ2n) is 8.83. The van der Waals surface area contributed by atoms with Crippen LogP contribution in [0.15, 0.2) is 47.4 Å². The first-order valence-corrected chi connectivity index (χ1v) is 11.6. The Kier molecular flexibility index (Phi) is 6.44. The van der Waals surface area contributed by atoms with Crippen LogP contribution in [0.1, 0.15) is 22.6 Å². The fourth-order valence-electron chi connectivity index (χ4n) is 4.59. The van der Waals surface area contributed by atoms with Gasteiger partial charge in [0.25, 0.3) is 11.5 Å². The first-order chi connectivity index (χ1) is 17.8. The number of fused-ring (bicyclic) bond motifs is 1. The monoisotopic (exact) mass is 509 g/mol. The Hall–Kier alpha value is -4.16. The molecule has 5 rings (SSSR count). The molecular weight excluding hydrogens is 484 g/mol. The van der Waals surface area contributed by atoms with Gasteiger partial charge in [-0.1, -0.05) is 6.07 Å². The Morgan fingerprint density at radius 1 is 1.19 bits per heavy atom. The van der Waals surface area contributed by atoms with Crippen molar-refractivity contribution >= 4 is 28.3 Å². The molecule has 3 N–H and O–H groups in total. The molecule has 0 bridgehead atoms. The molecule has 12 heteroatoms. The third kappa shape index (κ3) is 4.34. The summed E-state index contributed by atoms with van der Waals surface area (Å²) in [6.07, 6.45) is 1.91. The molecule has 4 aromatic rings. The molecule has 1 aliphatic heterocycles. The lowest BCUT2D eigenvalue weighted by Gasteiger charge is -2.22. The number of nitrogens with two attached hydrogens (primary N) is 1. The average molecular weight is 510 g/mol. The lowest BCUT2D eigenvalue weighted by molar-refractivity contribution is 0.102. The zero-order chi connectivity index (χ0) is 26.3. The fourth-order valence-corrected chi connectivity index (χ4v) is 4.59. The summed E-state index contributed by atoms with van der Waals surface area (Å²) in [5, 5.41) is 6.57. The highest BCUT2D eigenvalue weighted by atomic mass is 19.1. The van der Waals surface area contributed by atoms with Crippen LogP contribution < -0.4 is 21.5 Å². The van der Waals surface area contributed by atoms with Gasteiger partial charge >= 0.3 is 0 Å². The number of hydrogen-bond acceptors (Lipinski definition) is 7. The molecule has 37 heavy (non-hydrogen) atoms. The van der Waals surface area contributed by atoms with E-state index < -0.39 is 28.8 Å². The number of nitrogens with one attached hydrogen (secondary N) is 1. The molecule has 0 aliphatic carbocycles. The molecule has 0 unspecified atom stereocenters. The number of anilines is 2. The number of hydrogen-bond donors (Lipinski definition) is 2. The van der Waals surface area contributed by atoms with Gasteiger partial charge in [-0.2, -0.15) is 9.78 Å². The maximum atomic E-state index is 14.3. The van der Waals surface area contributed by atoms with Gasteiger partial charge in [-0.05, 0) is 36.8 Å². The minimum absolute atomic E-state index is 0.0379. The van der Waals surface area contributed by atoms with E-state index in [9.17, 15) is 18.4 Å². The zero-order valence-electron chi connectivity index (χ0n) is 20.2. The number of aryl methyl sites for hydroxylation is 1. The second kappa shape index (κ2) is 9.71. The largest absolute Gasteiger partial charge is 0.377 e. The van der Waals surface area contributed by atoms with E-state index in [4.69, 9.17) is 15.5 Å². The van der Waals surface area contributed by atoms with Gasteiger partial charge in [0.15, 0.2) is 11.6 Å². The molecule has 2 aromatic heterocycles. The summed E-state index contributed by atoms with van der Waals surface area (Å²) in [7, 11) is 3.46. The quantitative estimate of drug-likeness (QED) is 0.409. The molecule has 1 aliphatic rings. The highest BCUT2D eigenvalue weighted by molar-refractivity contribution is 6.09. The van der Waals surface area contributed by atoms with Crippen molar-refractivity contribution < 1.29 is 18.3 Å². The van der Waals surface area contributed by atoms with E-state index in [0.717, 1.165) is 30.3 Å². The number of rotatable bonds is 6. The average Bonchev–Trinajstić information content (AvgIpc) is 3.43.